The van der Waals surface area contributed by atoms with Crippen molar-refractivity contribution in [2.45, 2.75) is 19.3 Å². The number of nitrogen functional groups attached to an aromatic ring is 1. The van der Waals surface area contributed by atoms with Crippen LogP contribution in [0.2, 0.25) is 0 Å². The Morgan fingerprint density at radius 3 is 2.60 bits per heavy atom. The Hall–Kier alpha value is -2.30. The molecule has 1 saturated heterocycles. The first-order valence-electron chi connectivity index (χ1n) is 6.85. The van der Waals surface area contributed by atoms with Crippen LogP contribution in [0.5, 0.6) is 0 Å². The van der Waals surface area contributed by atoms with Crippen molar-refractivity contribution in [3.63, 3.8) is 0 Å². The molecule has 1 aliphatic rings. The molecule has 0 amide bonds. The maximum absolute atomic E-state index is 11.3. The Balaban J connectivity index is 2.25. The third-order valence-corrected chi connectivity index (χ3v) is 3.78. The summed E-state index contributed by atoms with van der Waals surface area (Å²) in [6, 6.07) is 7.57. The van der Waals surface area contributed by atoms with Gasteiger partial charge in [-0.3, -0.25) is 0 Å². The quantitative estimate of drug-likeness (QED) is 0.877. The average molecular weight is 271 g/mol. The van der Waals surface area contributed by atoms with E-state index in [9.17, 15) is 9.90 Å². The van der Waals surface area contributed by atoms with Crippen LogP contribution in [0.15, 0.2) is 24.3 Å². The van der Waals surface area contributed by atoms with Crippen LogP contribution < -0.4 is 10.6 Å². The Labute approximate surface area is 117 Å². The number of carboxylic acids is 1. The van der Waals surface area contributed by atoms with E-state index in [2.05, 4.69) is 9.88 Å². The molecule has 20 heavy (non-hydrogen) atoms. The van der Waals surface area contributed by atoms with Crippen molar-refractivity contribution in [2.24, 2.45) is 0 Å². The predicted octanol–water partition coefficient (Wildman–Crippen LogP) is 2.51. The normalized spacial score (nSPS) is 15.5. The third kappa shape index (κ3) is 2.05. The molecule has 2 aromatic rings. The van der Waals surface area contributed by atoms with Crippen molar-refractivity contribution in [2.75, 3.05) is 23.7 Å². The molecule has 3 N–H and O–H groups in total. The lowest BCUT2D eigenvalue weighted by atomic mass is 10.1. The summed E-state index contributed by atoms with van der Waals surface area (Å²) in [6.45, 7) is 1.83. The molecule has 0 unspecified atom stereocenters. The van der Waals surface area contributed by atoms with Gasteiger partial charge in [-0.2, -0.15) is 0 Å². The summed E-state index contributed by atoms with van der Waals surface area (Å²) in [7, 11) is 0. The van der Waals surface area contributed by atoms with Crippen LogP contribution in [-0.2, 0) is 0 Å². The van der Waals surface area contributed by atoms with E-state index in [4.69, 9.17) is 5.73 Å². The lowest BCUT2D eigenvalue weighted by Gasteiger charge is -2.31. The number of rotatable bonds is 2. The van der Waals surface area contributed by atoms with Crippen LogP contribution in [0, 0.1) is 0 Å². The van der Waals surface area contributed by atoms with Gasteiger partial charge in [0.2, 0.25) is 0 Å². The molecular weight excluding hydrogens is 254 g/mol. The smallest absolute Gasteiger partial charge is 0.356 e. The van der Waals surface area contributed by atoms with Crippen molar-refractivity contribution >= 4 is 28.2 Å². The van der Waals surface area contributed by atoms with Crippen LogP contribution in [0.3, 0.4) is 0 Å². The van der Waals surface area contributed by atoms with Gasteiger partial charge < -0.3 is 15.7 Å². The van der Waals surface area contributed by atoms with Crippen molar-refractivity contribution in [1.82, 2.24) is 4.98 Å². The minimum absolute atomic E-state index is 0.0516. The van der Waals surface area contributed by atoms with E-state index in [1.807, 2.05) is 24.3 Å². The number of pyridine rings is 1. The summed E-state index contributed by atoms with van der Waals surface area (Å²) in [5, 5.41) is 10.2. The minimum Gasteiger partial charge on any atom is -0.476 e. The van der Waals surface area contributed by atoms with Gasteiger partial charge in [0.15, 0.2) is 5.69 Å². The van der Waals surface area contributed by atoms with Gasteiger partial charge in [-0.1, -0.05) is 18.2 Å². The SMILES string of the molecule is Nc1c(C(=O)O)nc2ccccc2c1N1CCCCC1. The van der Waals surface area contributed by atoms with Crippen LogP contribution in [0.4, 0.5) is 11.4 Å². The largest absolute Gasteiger partial charge is 0.476 e. The van der Waals surface area contributed by atoms with Crippen LogP contribution in [0.25, 0.3) is 10.9 Å². The monoisotopic (exact) mass is 271 g/mol. The molecule has 5 heteroatoms. The van der Waals surface area contributed by atoms with Crippen LogP contribution >= 0.6 is 0 Å². The molecule has 0 aliphatic carbocycles. The first-order chi connectivity index (χ1) is 9.68. The highest BCUT2D eigenvalue weighted by Gasteiger charge is 2.22. The number of carbonyl (C=O) groups is 1. The minimum atomic E-state index is -1.08. The van der Waals surface area contributed by atoms with Gasteiger partial charge in [0.1, 0.15) is 0 Å². The standard InChI is InChI=1S/C15H17N3O2/c16-12-13(15(19)20)17-11-7-3-2-6-10(11)14(12)18-8-4-1-5-9-18/h2-3,6-7H,1,4-5,8-9,16H2,(H,19,20). The van der Waals surface area contributed by atoms with Crippen LogP contribution in [0.1, 0.15) is 29.8 Å². The van der Waals surface area contributed by atoms with Crippen molar-refractivity contribution in [3.8, 4) is 0 Å². The number of anilines is 2. The second-order valence-corrected chi connectivity index (χ2v) is 5.09. The zero-order chi connectivity index (χ0) is 14.1. The predicted molar refractivity (Wildman–Crippen MR) is 79.2 cm³/mol. The zero-order valence-electron chi connectivity index (χ0n) is 11.2. The summed E-state index contributed by atoms with van der Waals surface area (Å²) in [5.41, 5.74) is 7.83. The van der Waals surface area contributed by atoms with Gasteiger partial charge in [0.25, 0.3) is 0 Å². The lowest BCUT2D eigenvalue weighted by Crippen LogP contribution is -2.31. The summed E-state index contributed by atoms with van der Waals surface area (Å²) in [6.07, 6.45) is 3.43. The third-order valence-electron chi connectivity index (χ3n) is 3.78. The molecular formula is C15H17N3O2. The van der Waals surface area contributed by atoms with E-state index in [-0.39, 0.29) is 11.4 Å². The Bertz CT molecular complexity index is 663. The highest BCUT2D eigenvalue weighted by Crippen LogP contribution is 2.35. The maximum Gasteiger partial charge on any atom is 0.356 e. The number of carboxylic acid groups (broad SMARTS) is 1. The number of fused-ring (bicyclic) bond motifs is 1. The van der Waals surface area contributed by atoms with E-state index in [1.54, 1.807) is 0 Å². The molecule has 0 saturated carbocycles. The van der Waals surface area contributed by atoms with Gasteiger partial charge in [-0.05, 0) is 25.3 Å². The molecule has 1 fully saturated rings. The topological polar surface area (TPSA) is 79.5 Å². The highest BCUT2D eigenvalue weighted by molar-refractivity contribution is 6.05. The molecule has 1 aliphatic heterocycles. The number of hydrogen-bond donors (Lipinski definition) is 2. The molecule has 5 nitrogen and oxygen atoms in total. The van der Waals surface area contributed by atoms with Gasteiger partial charge in [-0.15, -0.1) is 0 Å². The van der Waals surface area contributed by atoms with Crippen molar-refractivity contribution in [3.05, 3.63) is 30.0 Å². The van der Waals surface area contributed by atoms with E-state index >= 15 is 0 Å². The Morgan fingerprint density at radius 2 is 1.90 bits per heavy atom. The molecule has 0 bridgehead atoms. The number of aromatic carboxylic acids is 1. The number of benzene rings is 1. The summed E-state index contributed by atoms with van der Waals surface area (Å²) < 4.78 is 0. The molecule has 0 spiro atoms. The summed E-state index contributed by atoms with van der Waals surface area (Å²) >= 11 is 0. The Kier molecular flexibility index (Phi) is 3.18. The zero-order valence-corrected chi connectivity index (χ0v) is 11.2. The number of hydrogen-bond acceptors (Lipinski definition) is 4. The fourth-order valence-corrected chi connectivity index (χ4v) is 2.83. The fourth-order valence-electron chi connectivity index (χ4n) is 2.83. The van der Waals surface area contributed by atoms with E-state index in [0.717, 1.165) is 37.0 Å². The maximum atomic E-state index is 11.3. The van der Waals surface area contributed by atoms with Gasteiger partial charge in [0.05, 0.1) is 16.9 Å². The van der Waals surface area contributed by atoms with Crippen molar-refractivity contribution < 1.29 is 9.90 Å². The fraction of sp³-hybridized carbons (Fsp3) is 0.333. The number of para-hydroxylation sites is 1. The Morgan fingerprint density at radius 1 is 1.20 bits per heavy atom. The number of piperidine rings is 1. The van der Waals surface area contributed by atoms with E-state index < -0.39 is 5.97 Å². The van der Waals surface area contributed by atoms with E-state index in [1.165, 1.54) is 6.42 Å². The molecule has 1 aromatic heterocycles. The van der Waals surface area contributed by atoms with Gasteiger partial charge >= 0.3 is 5.97 Å². The molecule has 1 aromatic carbocycles. The number of nitrogens with zero attached hydrogens (tertiary/aromatic N) is 2. The number of aromatic nitrogens is 1. The first-order valence-corrected chi connectivity index (χ1v) is 6.85. The lowest BCUT2D eigenvalue weighted by molar-refractivity contribution is 0.0692. The van der Waals surface area contributed by atoms with Gasteiger partial charge in [-0.25, -0.2) is 9.78 Å². The summed E-state index contributed by atoms with van der Waals surface area (Å²) in [5.74, 6) is -1.08. The first kappa shape index (κ1) is 12.7. The average Bonchev–Trinajstić information content (AvgIpc) is 2.47. The molecule has 3 rings (SSSR count). The highest BCUT2D eigenvalue weighted by atomic mass is 16.4. The molecule has 0 radical (unpaired) electrons. The van der Waals surface area contributed by atoms with Gasteiger partial charge in [0, 0.05) is 18.5 Å². The molecule has 2 heterocycles. The van der Waals surface area contributed by atoms with Crippen LogP contribution in [-0.4, -0.2) is 29.1 Å². The second-order valence-electron chi connectivity index (χ2n) is 5.09. The van der Waals surface area contributed by atoms with Crippen molar-refractivity contribution in [1.29, 1.82) is 0 Å². The van der Waals surface area contributed by atoms with E-state index in [0.29, 0.717) is 5.52 Å². The molecule has 104 valence electrons. The molecule has 0 atom stereocenters. The summed E-state index contributed by atoms with van der Waals surface area (Å²) in [4.78, 5) is 17.7. The second kappa shape index (κ2) is 5.00. The number of nitrogens with two attached hydrogens (primary N) is 1.